The van der Waals surface area contributed by atoms with E-state index in [0.29, 0.717) is 17.8 Å². The number of hydrogen-bond acceptors (Lipinski definition) is 4. The predicted octanol–water partition coefficient (Wildman–Crippen LogP) is 2.32. The summed E-state index contributed by atoms with van der Waals surface area (Å²) in [4.78, 5) is 11.5. The van der Waals surface area contributed by atoms with Crippen LogP contribution in [0.2, 0.25) is 0 Å². The number of anilines is 2. The van der Waals surface area contributed by atoms with E-state index in [1.165, 1.54) is 25.7 Å². The van der Waals surface area contributed by atoms with Gasteiger partial charge in [0.25, 0.3) is 0 Å². The monoisotopic (exact) mass is 232 g/mol. The van der Waals surface area contributed by atoms with Crippen molar-refractivity contribution in [3.05, 3.63) is 11.9 Å². The maximum atomic E-state index is 5.90. The molecule has 2 aliphatic carbocycles. The normalized spacial score (nSPS) is 19.4. The highest BCUT2D eigenvalue weighted by Gasteiger charge is 2.32. The molecule has 0 saturated heterocycles. The van der Waals surface area contributed by atoms with Gasteiger partial charge in [-0.25, -0.2) is 9.97 Å². The van der Waals surface area contributed by atoms with Gasteiger partial charge in [-0.2, -0.15) is 0 Å². The molecule has 0 amide bonds. The van der Waals surface area contributed by atoms with Crippen LogP contribution in [0.25, 0.3) is 0 Å². The number of nitrogen functional groups attached to an aromatic ring is 1. The van der Waals surface area contributed by atoms with Gasteiger partial charge in [0.1, 0.15) is 17.5 Å². The molecule has 4 nitrogen and oxygen atoms in total. The molecule has 17 heavy (non-hydrogen) atoms. The third-order valence-electron chi connectivity index (χ3n) is 3.44. The van der Waals surface area contributed by atoms with Gasteiger partial charge in [0.2, 0.25) is 0 Å². The first-order chi connectivity index (χ1) is 8.28. The van der Waals surface area contributed by atoms with Crippen LogP contribution in [-0.4, -0.2) is 22.6 Å². The Morgan fingerprint density at radius 3 is 2.65 bits per heavy atom. The number of nitrogens with two attached hydrogens (primary N) is 1. The van der Waals surface area contributed by atoms with E-state index in [0.717, 1.165) is 24.6 Å². The molecule has 0 atom stereocenters. The molecule has 1 heterocycles. The van der Waals surface area contributed by atoms with Crippen LogP contribution in [-0.2, 0) is 0 Å². The smallest absolute Gasteiger partial charge is 0.136 e. The van der Waals surface area contributed by atoms with Gasteiger partial charge in [-0.15, -0.1) is 0 Å². The van der Waals surface area contributed by atoms with E-state index in [1.54, 1.807) is 0 Å². The van der Waals surface area contributed by atoms with E-state index in [1.807, 2.05) is 6.07 Å². The van der Waals surface area contributed by atoms with Gasteiger partial charge in [-0.1, -0.05) is 6.92 Å². The Bertz CT molecular complexity index is 410. The predicted molar refractivity (Wildman–Crippen MR) is 69.1 cm³/mol. The van der Waals surface area contributed by atoms with E-state index in [-0.39, 0.29) is 0 Å². The molecule has 2 aliphatic rings. The maximum absolute atomic E-state index is 5.90. The van der Waals surface area contributed by atoms with Crippen molar-refractivity contribution in [2.45, 2.75) is 51.0 Å². The van der Waals surface area contributed by atoms with Crippen molar-refractivity contribution in [2.75, 3.05) is 17.2 Å². The van der Waals surface area contributed by atoms with E-state index >= 15 is 0 Å². The van der Waals surface area contributed by atoms with Crippen molar-refractivity contribution in [3.8, 4) is 0 Å². The Balaban J connectivity index is 1.88. The fraction of sp³-hybridized carbons (Fsp3) is 0.692. The number of hydrogen-bond donors (Lipinski definition) is 1. The first-order valence-electron chi connectivity index (χ1n) is 6.69. The summed E-state index contributed by atoms with van der Waals surface area (Å²) in [7, 11) is 0. The Morgan fingerprint density at radius 2 is 2.06 bits per heavy atom. The van der Waals surface area contributed by atoms with Crippen molar-refractivity contribution in [2.24, 2.45) is 0 Å². The fourth-order valence-corrected chi connectivity index (χ4v) is 2.25. The minimum Gasteiger partial charge on any atom is -0.384 e. The Hall–Kier alpha value is -1.32. The summed E-state index contributed by atoms with van der Waals surface area (Å²) in [6, 6.07) is 2.62. The molecule has 1 aromatic heterocycles. The van der Waals surface area contributed by atoms with Gasteiger partial charge >= 0.3 is 0 Å². The number of nitrogens with zero attached hydrogens (tertiary/aromatic N) is 3. The lowest BCUT2D eigenvalue weighted by Crippen LogP contribution is -2.28. The zero-order valence-electron chi connectivity index (χ0n) is 10.4. The largest absolute Gasteiger partial charge is 0.384 e. The summed E-state index contributed by atoms with van der Waals surface area (Å²) < 4.78 is 0. The second-order valence-electron chi connectivity index (χ2n) is 5.21. The van der Waals surface area contributed by atoms with Crippen LogP contribution in [0.1, 0.15) is 50.8 Å². The molecule has 0 bridgehead atoms. The van der Waals surface area contributed by atoms with Crippen molar-refractivity contribution >= 4 is 11.6 Å². The fourth-order valence-electron chi connectivity index (χ4n) is 2.25. The second-order valence-corrected chi connectivity index (χ2v) is 5.21. The first kappa shape index (κ1) is 10.8. The first-order valence-corrected chi connectivity index (χ1v) is 6.69. The second kappa shape index (κ2) is 4.17. The maximum Gasteiger partial charge on any atom is 0.136 e. The Labute approximate surface area is 102 Å². The molecule has 0 aliphatic heterocycles. The number of aromatic nitrogens is 2. The summed E-state index contributed by atoms with van der Waals surface area (Å²) in [5, 5.41) is 0. The zero-order valence-corrected chi connectivity index (χ0v) is 10.4. The van der Waals surface area contributed by atoms with E-state index in [2.05, 4.69) is 16.8 Å². The molecule has 2 fully saturated rings. The molecule has 3 rings (SSSR count). The van der Waals surface area contributed by atoms with Crippen molar-refractivity contribution in [1.82, 2.24) is 9.97 Å². The van der Waals surface area contributed by atoms with Gasteiger partial charge in [-0.05, 0) is 32.1 Å². The van der Waals surface area contributed by atoms with Crippen LogP contribution >= 0.6 is 0 Å². The van der Waals surface area contributed by atoms with Crippen molar-refractivity contribution in [1.29, 1.82) is 0 Å². The lowest BCUT2D eigenvalue weighted by molar-refractivity contribution is 0.742. The van der Waals surface area contributed by atoms with Crippen molar-refractivity contribution < 1.29 is 0 Å². The van der Waals surface area contributed by atoms with Gasteiger partial charge in [-0.3, -0.25) is 0 Å². The van der Waals surface area contributed by atoms with Gasteiger partial charge in [0.15, 0.2) is 0 Å². The number of rotatable bonds is 5. The molecular weight excluding hydrogens is 212 g/mol. The highest BCUT2D eigenvalue weighted by molar-refractivity contribution is 5.49. The molecule has 0 aromatic carbocycles. The highest BCUT2D eigenvalue weighted by atomic mass is 15.2. The minimum atomic E-state index is 0.569. The third kappa shape index (κ3) is 2.35. The molecule has 4 heteroatoms. The van der Waals surface area contributed by atoms with Crippen LogP contribution in [0.15, 0.2) is 6.07 Å². The molecule has 0 unspecified atom stereocenters. The minimum absolute atomic E-state index is 0.569. The van der Waals surface area contributed by atoms with Crippen LogP contribution in [0, 0.1) is 0 Å². The van der Waals surface area contributed by atoms with Crippen LogP contribution in [0.4, 0.5) is 11.6 Å². The van der Waals surface area contributed by atoms with Gasteiger partial charge in [0, 0.05) is 24.6 Å². The standard InChI is InChI=1S/C13H20N4/c1-2-7-17(10-5-6-10)12-8-11(14)15-13(16-12)9-3-4-9/h8-10H,2-7H2,1H3,(H2,14,15,16). The molecule has 2 N–H and O–H groups in total. The lowest BCUT2D eigenvalue weighted by Gasteiger charge is -2.23. The van der Waals surface area contributed by atoms with Crippen LogP contribution in [0.5, 0.6) is 0 Å². The molecule has 2 saturated carbocycles. The van der Waals surface area contributed by atoms with Gasteiger partial charge < -0.3 is 10.6 Å². The average Bonchev–Trinajstić information content (AvgIpc) is 3.18. The van der Waals surface area contributed by atoms with E-state index in [9.17, 15) is 0 Å². The van der Waals surface area contributed by atoms with E-state index in [4.69, 9.17) is 10.7 Å². The summed E-state index contributed by atoms with van der Waals surface area (Å²) >= 11 is 0. The summed E-state index contributed by atoms with van der Waals surface area (Å²) in [5.74, 6) is 3.20. The van der Waals surface area contributed by atoms with Crippen LogP contribution < -0.4 is 10.6 Å². The average molecular weight is 232 g/mol. The highest BCUT2D eigenvalue weighted by Crippen LogP contribution is 2.39. The molecule has 0 radical (unpaired) electrons. The van der Waals surface area contributed by atoms with E-state index < -0.39 is 0 Å². The Morgan fingerprint density at radius 1 is 1.29 bits per heavy atom. The Kier molecular flexibility index (Phi) is 2.65. The van der Waals surface area contributed by atoms with Crippen LogP contribution in [0.3, 0.4) is 0 Å². The molecular formula is C13H20N4. The molecule has 92 valence electrons. The third-order valence-corrected chi connectivity index (χ3v) is 3.44. The van der Waals surface area contributed by atoms with Crippen molar-refractivity contribution in [3.63, 3.8) is 0 Å². The van der Waals surface area contributed by atoms with Gasteiger partial charge in [0.05, 0.1) is 0 Å². The summed E-state index contributed by atoms with van der Waals surface area (Å²) in [6.07, 6.45) is 6.19. The zero-order chi connectivity index (χ0) is 11.8. The summed E-state index contributed by atoms with van der Waals surface area (Å²) in [6.45, 7) is 3.28. The molecule has 0 spiro atoms. The quantitative estimate of drug-likeness (QED) is 0.846. The SMILES string of the molecule is CCCN(c1cc(N)nc(C2CC2)n1)C1CC1. The molecule has 1 aromatic rings. The lowest BCUT2D eigenvalue weighted by atomic mass is 10.3. The summed E-state index contributed by atoms with van der Waals surface area (Å²) in [5.41, 5.74) is 5.90. The topological polar surface area (TPSA) is 55.0 Å².